The van der Waals surface area contributed by atoms with Gasteiger partial charge in [-0.2, -0.15) is 26.3 Å². The molecule has 0 heterocycles. The molecule has 0 spiro atoms. The minimum Gasteiger partial charge on any atom is -0.446 e. The van der Waals surface area contributed by atoms with Gasteiger partial charge in [-0.05, 0) is 19.8 Å². The van der Waals surface area contributed by atoms with E-state index in [-0.39, 0.29) is 6.04 Å². The lowest BCUT2D eigenvalue weighted by molar-refractivity contribution is -0.0476. The number of nitrogens with one attached hydrogen (secondary N) is 1. The molecule has 1 rings (SSSR count). The molecule has 160 valence electrons. The van der Waals surface area contributed by atoms with E-state index in [1.54, 1.807) is 0 Å². The Kier molecular flexibility index (Phi) is 7.06. The minimum atomic E-state index is -6.75. The molecule has 0 aliphatic heterocycles. The first-order chi connectivity index (χ1) is 12.0. The number of ether oxygens (including phenoxy) is 1. The monoisotopic (exact) mass is 449 g/mol. The van der Waals surface area contributed by atoms with Crippen molar-refractivity contribution in [3.8, 4) is 0 Å². The zero-order chi connectivity index (χ0) is 21.3. The summed E-state index contributed by atoms with van der Waals surface area (Å²) >= 11 is 0. The van der Waals surface area contributed by atoms with Crippen LogP contribution in [0, 0.1) is 0 Å². The molecule has 1 aliphatic rings. The van der Waals surface area contributed by atoms with Crippen LogP contribution in [-0.2, 0) is 24.4 Å². The van der Waals surface area contributed by atoms with Gasteiger partial charge in [0.25, 0.3) is 19.7 Å². The highest BCUT2D eigenvalue weighted by molar-refractivity contribution is 8.09. The summed E-state index contributed by atoms with van der Waals surface area (Å²) < 4.78 is 122. The van der Waals surface area contributed by atoms with E-state index in [0.29, 0.717) is 12.8 Å². The maximum atomic E-state index is 12.6. The van der Waals surface area contributed by atoms with Crippen molar-refractivity contribution in [3.63, 3.8) is 0 Å². The molecular weight excluding hydrogens is 432 g/mol. The summed E-state index contributed by atoms with van der Waals surface area (Å²) in [5.41, 5.74) is -12.5. The second kappa shape index (κ2) is 8.01. The highest BCUT2D eigenvalue weighted by atomic mass is 32.3. The molecule has 1 atom stereocenters. The van der Waals surface area contributed by atoms with E-state index in [1.165, 1.54) is 0 Å². The zero-order valence-corrected chi connectivity index (χ0v) is 15.4. The molecule has 1 N–H and O–H groups in total. The summed E-state index contributed by atoms with van der Waals surface area (Å²) in [6.45, 7) is 0.791. The largest absolute Gasteiger partial charge is 0.498 e. The normalized spacial score (nSPS) is 18.5. The van der Waals surface area contributed by atoms with Crippen LogP contribution in [0.15, 0.2) is 0 Å². The van der Waals surface area contributed by atoms with E-state index >= 15 is 0 Å². The van der Waals surface area contributed by atoms with Gasteiger partial charge in [-0.1, -0.05) is 12.8 Å². The van der Waals surface area contributed by atoms with Crippen LogP contribution < -0.4 is 5.32 Å². The quantitative estimate of drug-likeness (QED) is 0.625. The Morgan fingerprint density at radius 3 is 1.78 bits per heavy atom. The summed E-state index contributed by atoms with van der Waals surface area (Å²) in [7, 11) is -13.5. The molecular formula is C12H17F6NO6S2. The summed E-state index contributed by atoms with van der Waals surface area (Å²) in [6.07, 6.45) is -1.99. The zero-order valence-electron chi connectivity index (χ0n) is 13.8. The third-order valence-corrected chi connectivity index (χ3v) is 8.43. The number of alkyl halides is 6. The van der Waals surface area contributed by atoms with E-state index in [4.69, 9.17) is 0 Å². The van der Waals surface area contributed by atoms with Crippen molar-refractivity contribution in [1.29, 1.82) is 0 Å². The van der Waals surface area contributed by atoms with Gasteiger partial charge in [-0.25, -0.2) is 21.6 Å². The molecule has 0 aromatic heterocycles. The predicted octanol–water partition coefficient (Wildman–Crippen LogP) is 2.63. The maximum absolute atomic E-state index is 12.6. The number of hydrogen-bond acceptors (Lipinski definition) is 6. The van der Waals surface area contributed by atoms with Gasteiger partial charge >= 0.3 is 17.1 Å². The SMILES string of the molecule is CC(CC(S(=O)(=O)C(F)(F)F)S(=O)(=O)C(F)(F)F)OC(=O)NC1CCCC1. The Morgan fingerprint density at radius 2 is 1.41 bits per heavy atom. The van der Waals surface area contributed by atoms with Crippen molar-refractivity contribution in [3.05, 3.63) is 0 Å². The van der Waals surface area contributed by atoms with Crippen molar-refractivity contribution < 1.29 is 52.7 Å². The Morgan fingerprint density at radius 1 is 1.00 bits per heavy atom. The van der Waals surface area contributed by atoms with Gasteiger partial charge in [0.05, 0.1) is 0 Å². The van der Waals surface area contributed by atoms with Crippen molar-refractivity contribution >= 4 is 25.8 Å². The average Bonchev–Trinajstić information content (AvgIpc) is 2.94. The summed E-state index contributed by atoms with van der Waals surface area (Å²) in [4.78, 5) is 11.6. The van der Waals surface area contributed by atoms with E-state index < -0.39 is 53.9 Å². The number of carbonyl (C=O) groups excluding carboxylic acids is 1. The smallest absolute Gasteiger partial charge is 0.446 e. The van der Waals surface area contributed by atoms with Crippen LogP contribution in [0.4, 0.5) is 31.1 Å². The molecule has 0 aromatic rings. The van der Waals surface area contributed by atoms with E-state index in [9.17, 15) is 48.0 Å². The number of sulfone groups is 2. The molecule has 0 aromatic carbocycles. The molecule has 0 bridgehead atoms. The number of hydrogen-bond donors (Lipinski definition) is 1. The van der Waals surface area contributed by atoms with E-state index in [1.807, 2.05) is 0 Å². The van der Waals surface area contributed by atoms with Crippen LogP contribution in [0.5, 0.6) is 0 Å². The highest BCUT2D eigenvalue weighted by Gasteiger charge is 2.63. The maximum Gasteiger partial charge on any atom is 0.498 e. The van der Waals surface area contributed by atoms with Crippen molar-refractivity contribution in [1.82, 2.24) is 5.32 Å². The fraction of sp³-hybridized carbons (Fsp3) is 0.917. The molecule has 1 fully saturated rings. The first-order valence-corrected chi connectivity index (χ1v) is 10.7. The summed E-state index contributed by atoms with van der Waals surface area (Å²) in [5.74, 6) is 0. The van der Waals surface area contributed by atoms with Gasteiger partial charge in [0.2, 0.25) is 0 Å². The first kappa shape index (κ1) is 23.8. The van der Waals surface area contributed by atoms with Gasteiger partial charge in [0.15, 0.2) is 4.58 Å². The number of amides is 1. The average molecular weight is 449 g/mol. The highest BCUT2D eigenvalue weighted by Crippen LogP contribution is 2.38. The molecule has 1 amide bonds. The Labute approximate surface area is 151 Å². The van der Waals surface area contributed by atoms with Crippen molar-refractivity contribution in [2.45, 2.75) is 66.8 Å². The minimum absolute atomic E-state index is 0.293. The molecule has 0 radical (unpaired) electrons. The lowest BCUT2D eigenvalue weighted by Crippen LogP contribution is -2.47. The van der Waals surface area contributed by atoms with Gasteiger partial charge in [-0.3, -0.25) is 0 Å². The number of rotatable bonds is 6. The lowest BCUT2D eigenvalue weighted by Gasteiger charge is -2.24. The Bertz CT molecular complexity index is 695. The summed E-state index contributed by atoms with van der Waals surface area (Å²) in [6, 6.07) is -0.293. The van der Waals surface area contributed by atoms with E-state index in [2.05, 4.69) is 10.1 Å². The van der Waals surface area contributed by atoms with Crippen LogP contribution in [0.3, 0.4) is 0 Å². The van der Waals surface area contributed by atoms with Gasteiger partial charge in [0, 0.05) is 12.5 Å². The van der Waals surface area contributed by atoms with Gasteiger partial charge < -0.3 is 10.1 Å². The number of halogens is 6. The fourth-order valence-corrected chi connectivity index (χ4v) is 6.12. The Balaban J connectivity index is 3.02. The van der Waals surface area contributed by atoms with Crippen molar-refractivity contribution in [2.75, 3.05) is 0 Å². The molecule has 0 saturated heterocycles. The lowest BCUT2D eigenvalue weighted by atomic mass is 10.2. The standard InChI is InChI=1S/C12H17F6NO6S2/c1-7(25-10(20)19-8-4-2-3-5-8)6-9(26(21,22)11(13,14)15)27(23,24)12(16,17)18/h7-9H,2-6H2,1H3,(H,19,20). The third kappa shape index (κ3) is 5.62. The number of carbonyl (C=O) groups is 1. The Hall–Kier alpha value is -1.25. The second-order valence-electron chi connectivity index (χ2n) is 5.99. The van der Waals surface area contributed by atoms with E-state index in [0.717, 1.165) is 19.8 Å². The van der Waals surface area contributed by atoms with Crippen LogP contribution in [0.25, 0.3) is 0 Å². The van der Waals surface area contributed by atoms with Crippen LogP contribution in [-0.4, -0.2) is 50.7 Å². The second-order valence-corrected chi connectivity index (χ2v) is 10.5. The molecule has 27 heavy (non-hydrogen) atoms. The topological polar surface area (TPSA) is 107 Å². The first-order valence-electron chi connectivity index (χ1n) is 7.57. The fourth-order valence-electron chi connectivity index (χ4n) is 2.49. The van der Waals surface area contributed by atoms with Crippen molar-refractivity contribution in [2.24, 2.45) is 0 Å². The van der Waals surface area contributed by atoms with Crippen LogP contribution in [0.1, 0.15) is 39.0 Å². The van der Waals surface area contributed by atoms with Crippen LogP contribution >= 0.6 is 0 Å². The van der Waals surface area contributed by atoms with Gasteiger partial charge in [0.1, 0.15) is 6.10 Å². The molecule has 1 aliphatic carbocycles. The predicted molar refractivity (Wildman–Crippen MR) is 79.7 cm³/mol. The molecule has 1 saturated carbocycles. The van der Waals surface area contributed by atoms with Gasteiger partial charge in [-0.15, -0.1) is 0 Å². The number of alkyl carbamates (subject to hydrolysis) is 1. The summed E-state index contributed by atoms with van der Waals surface area (Å²) in [5, 5.41) is 2.32. The molecule has 1 unspecified atom stereocenters. The molecule has 7 nitrogen and oxygen atoms in total. The molecule has 15 heteroatoms. The van der Waals surface area contributed by atoms with Crippen LogP contribution in [0.2, 0.25) is 0 Å². The third-order valence-electron chi connectivity index (χ3n) is 3.85.